The van der Waals surface area contributed by atoms with E-state index < -0.39 is 5.60 Å². The number of carbonyl (C=O) groups excluding carboxylic acids is 1. The fraction of sp³-hybridized carbons (Fsp3) is 0.542. The Balaban J connectivity index is 1.74. The minimum Gasteiger partial charge on any atom is -0.444 e. The van der Waals surface area contributed by atoms with Crippen LogP contribution in [0.2, 0.25) is 0 Å². The van der Waals surface area contributed by atoms with Crippen molar-refractivity contribution in [2.24, 2.45) is 4.99 Å². The Hall–Kier alpha value is -3.03. The van der Waals surface area contributed by atoms with Gasteiger partial charge in [-0.3, -0.25) is 9.67 Å². The maximum atomic E-state index is 12.1. The molecule has 0 aliphatic carbocycles. The van der Waals surface area contributed by atoms with Crippen LogP contribution in [0.3, 0.4) is 0 Å². The highest BCUT2D eigenvalue weighted by molar-refractivity contribution is 5.79. The van der Waals surface area contributed by atoms with Crippen LogP contribution in [0.25, 0.3) is 0 Å². The van der Waals surface area contributed by atoms with Crippen molar-refractivity contribution >= 4 is 12.1 Å². The smallest absolute Gasteiger partial charge is 0.410 e. The molecule has 8 heteroatoms. The number of amides is 1. The van der Waals surface area contributed by atoms with Crippen molar-refractivity contribution < 1.29 is 9.53 Å². The molecule has 2 N–H and O–H groups in total. The van der Waals surface area contributed by atoms with Crippen molar-refractivity contribution in [3.8, 4) is 0 Å². The Morgan fingerprint density at radius 3 is 2.38 bits per heavy atom. The van der Waals surface area contributed by atoms with E-state index in [2.05, 4.69) is 45.8 Å². The Morgan fingerprint density at radius 2 is 1.81 bits per heavy atom. The number of carbonyl (C=O) groups is 1. The van der Waals surface area contributed by atoms with Gasteiger partial charge in [-0.25, -0.2) is 4.79 Å². The number of rotatable bonds is 8. The molecule has 8 nitrogen and oxygen atoms in total. The second-order valence-corrected chi connectivity index (χ2v) is 9.01. The molecular formula is C24H38N6O2. The monoisotopic (exact) mass is 442 g/mol. The summed E-state index contributed by atoms with van der Waals surface area (Å²) < 4.78 is 7.43. The number of nitrogens with zero attached hydrogens (tertiary/aromatic N) is 4. The molecule has 0 radical (unpaired) electrons. The molecule has 1 heterocycles. The first-order valence-electron chi connectivity index (χ1n) is 11.0. The Labute approximate surface area is 192 Å². The summed E-state index contributed by atoms with van der Waals surface area (Å²) in [6.07, 6.45) is 0.638. The van der Waals surface area contributed by atoms with Gasteiger partial charge in [0.1, 0.15) is 5.60 Å². The minimum atomic E-state index is -0.495. The SMILES string of the molecule is CN=C(NCCCn1nc(C)cc1C)NCc1ccc(CN(C)C(=O)OC(C)(C)C)cc1. The lowest BCUT2D eigenvalue weighted by Crippen LogP contribution is -2.37. The van der Waals surface area contributed by atoms with E-state index in [9.17, 15) is 4.79 Å². The maximum Gasteiger partial charge on any atom is 0.410 e. The highest BCUT2D eigenvalue weighted by atomic mass is 16.6. The van der Waals surface area contributed by atoms with Gasteiger partial charge < -0.3 is 20.3 Å². The molecule has 0 bridgehead atoms. The predicted molar refractivity (Wildman–Crippen MR) is 129 cm³/mol. The number of aliphatic imine (C=N–C) groups is 1. The molecule has 1 amide bonds. The largest absolute Gasteiger partial charge is 0.444 e. The van der Waals surface area contributed by atoms with Crippen molar-refractivity contribution in [3.63, 3.8) is 0 Å². The van der Waals surface area contributed by atoms with E-state index in [0.29, 0.717) is 13.1 Å². The van der Waals surface area contributed by atoms with Gasteiger partial charge in [-0.2, -0.15) is 5.10 Å². The van der Waals surface area contributed by atoms with E-state index in [1.54, 1.807) is 19.0 Å². The van der Waals surface area contributed by atoms with Crippen LogP contribution in [0.1, 0.15) is 49.7 Å². The zero-order chi connectivity index (χ0) is 23.7. The quantitative estimate of drug-likeness (QED) is 0.371. The van der Waals surface area contributed by atoms with E-state index in [4.69, 9.17) is 4.74 Å². The van der Waals surface area contributed by atoms with Gasteiger partial charge in [0.25, 0.3) is 0 Å². The second-order valence-electron chi connectivity index (χ2n) is 9.01. The molecular weight excluding hydrogens is 404 g/mol. The molecule has 0 saturated carbocycles. The third kappa shape index (κ3) is 8.61. The molecule has 1 aromatic heterocycles. The molecule has 176 valence electrons. The van der Waals surface area contributed by atoms with E-state index >= 15 is 0 Å². The van der Waals surface area contributed by atoms with Gasteiger partial charge >= 0.3 is 6.09 Å². The van der Waals surface area contributed by atoms with E-state index in [1.807, 2.05) is 44.5 Å². The van der Waals surface area contributed by atoms with E-state index in [-0.39, 0.29) is 6.09 Å². The summed E-state index contributed by atoms with van der Waals surface area (Å²) in [6.45, 7) is 12.5. The van der Waals surface area contributed by atoms with Gasteiger partial charge in [0, 0.05) is 46.0 Å². The van der Waals surface area contributed by atoms with Crippen LogP contribution in [0, 0.1) is 13.8 Å². The highest BCUT2D eigenvalue weighted by Gasteiger charge is 2.19. The summed E-state index contributed by atoms with van der Waals surface area (Å²) in [6, 6.07) is 10.3. The molecule has 0 spiro atoms. The number of ether oxygens (including phenoxy) is 1. The van der Waals surface area contributed by atoms with Crippen molar-refractivity contribution in [2.75, 3.05) is 20.6 Å². The zero-order valence-corrected chi connectivity index (χ0v) is 20.5. The summed E-state index contributed by atoms with van der Waals surface area (Å²) in [5.74, 6) is 0.770. The summed E-state index contributed by atoms with van der Waals surface area (Å²) in [4.78, 5) is 18.0. The Kier molecular flexibility index (Phi) is 9.11. The summed E-state index contributed by atoms with van der Waals surface area (Å²) in [5.41, 5.74) is 3.93. The van der Waals surface area contributed by atoms with Crippen LogP contribution >= 0.6 is 0 Å². The zero-order valence-electron chi connectivity index (χ0n) is 20.5. The van der Waals surface area contributed by atoms with E-state index in [0.717, 1.165) is 42.3 Å². The van der Waals surface area contributed by atoms with Gasteiger partial charge in [0.05, 0.1) is 5.69 Å². The fourth-order valence-corrected chi connectivity index (χ4v) is 3.18. The second kappa shape index (κ2) is 11.5. The van der Waals surface area contributed by atoms with Crippen LogP contribution < -0.4 is 10.6 Å². The first-order valence-corrected chi connectivity index (χ1v) is 11.0. The Morgan fingerprint density at radius 1 is 1.16 bits per heavy atom. The topological polar surface area (TPSA) is 83.8 Å². The van der Waals surface area contributed by atoms with Crippen molar-refractivity contribution in [3.05, 3.63) is 52.8 Å². The molecule has 32 heavy (non-hydrogen) atoms. The minimum absolute atomic E-state index is 0.323. The number of aromatic nitrogens is 2. The summed E-state index contributed by atoms with van der Waals surface area (Å²) in [7, 11) is 3.51. The molecule has 0 aliphatic heterocycles. The van der Waals surface area contributed by atoms with Gasteiger partial charge in [0.2, 0.25) is 0 Å². The molecule has 2 aromatic rings. The number of hydrogen-bond acceptors (Lipinski definition) is 4. The standard InChI is InChI=1S/C24H38N6O2/c1-18-15-19(2)30(28-18)14-8-13-26-22(25-6)27-16-20-9-11-21(12-10-20)17-29(7)23(31)32-24(3,4)5/h9-12,15H,8,13-14,16-17H2,1-7H3,(H2,25,26,27). The van der Waals surface area contributed by atoms with Gasteiger partial charge in [-0.1, -0.05) is 24.3 Å². The third-order valence-corrected chi connectivity index (χ3v) is 4.77. The van der Waals surface area contributed by atoms with Gasteiger partial charge in [-0.05, 0) is 58.2 Å². The predicted octanol–water partition coefficient (Wildman–Crippen LogP) is 3.62. The molecule has 0 atom stereocenters. The van der Waals surface area contributed by atoms with Crippen LogP contribution in [0.5, 0.6) is 0 Å². The van der Waals surface area contributed by atoms with Crippen LogP contribution in [0.4, 0.5) is 4.79 Å². The molecule has 0 fully saturated rings. The molecule has 0 unspecified atom stereocenters. The number of nitrogens with one attached hydrogen (secondary N) is 2. The molecule has 1 aromatic carbocycles. The summed E-state index contributed by atoms with van der Waals surface area (Å²) in [5, 5.41) is 11.2. The van der Waals surface area contributed by atoms with E-state index in [1.165, 1.54) is 5.69 Å². The van der Waals surface area contributed by atoms with Crippen LogP contribution in [-0.2, 0) is 24.4 Å². The Bertz CT molecular complexity index is 896. The van der Waals surface area contributed by atoms with Crippen LogP contribution in [-0.4, -0.2) is 53.0 Å². The molecule has 0 saturated heterocycles. The average molecular weight is 443 g/mol. The van der Waals surface area contributed by atoms with Gasteiger partial charge in [-0.15, -0.1) is 0 Å². The number of guanidine groups is 1. The lowest BCUT2D eigenvalue weighted by atomic mass is 10.1. The maximum absolute atomic E-state index is 12.1. The number of aryl methyl sites for hydroxylation is 3. The third-order valence-electron chi connectivity index (χ3n) is 4.77. The summed E-state index contributed by atoms with van der Waals surface area (Å²) >= 11 is 0. The van der Waals surface area contributed by atoms with Crippen LogP contribution in [0.15, 0.2) is 35.3 Å². The first-order chi connectivity index (χ1) is 15.1. The fourth-order valence-electron chi connectivity index (χ4n) is 3.18. The van der Waals surface area contributed by atoms with Crippen molar-refractivity contribution in [1.82, 2.24) is 25.3 Å². The highest BCUT2D eigenvalue weighted by Crippen LogP contribution is 2.12. The molecule has 0 aliphatic rings. The normalized spacial score (nSPS) is 11.9. The number of hydrogen-bond donors (Lipinski definition) is 2. The number of benzene rings is 1. The molecule has 2 rings (SSSR count). The van der Waals surface area contributed by atoms with Crippen molar-refractivity contribution in [2.45, 2.75) is 66.3 Å². The van der Waals surface area contributed by atoms with Crippen molar-refractivity contribution in [1.29, 1.82) is 0 Å². The average Bonchev–Trinajstić information content (AvgIpc) is 3.04. The van der Waals surface area contributed by atoms with Gasteiger partial charge in [0.15, 0.2) is 5.96 Å². The lowest BCUT2D eigenvalue weighted by molar-refractivity contribution is 0.0285. The first kappa shape index (κ1) is 25.2. The lowest BCUT2D eigenvalue weighted by Gasteiger charge is -2.24.